The average Bonchev–Trinajstić information content (AvgIpc) is 2.91. The van der Waals surface area contributed by atoms with E-state index < -0.39 is 17.7 Å². The molecule has 1 rings (SSSR count). The van der Waals surface area contributed by atoms with E-state index in [9.17, 15) is 9.59 Å². The van der Waals surface area contributed by atoms with Gasteiger partial charge in [0.2, 0.25) is 0 Å². The molecule has 0 bridgehead atoms. The van der Waals surface area contributed by atoms with Gasteiger partial charge in [-0.05, 0) is 40.0 Å². The Kier molecular flexibility index (Phi) is 5.17. The van der Waals surface area contributed by atoms with E-state index in [4.69, 9.17) is 15.2 Å². The van der Waals surface area contributed by atoms with Gasteiger partial charge in [0.25, 0.3) is 0 Å². The molecule has 6 nitrogen and oxygen atoms in total. The molecule has 2 atom stereocenters. The van der Waals surface area contributed by atoms with Crippen molar-refractivity contribution in [3.05, 3.63) is 0 Å². The molecule has 0 aromatic heterocycles. The second-order valence-corrected chi connectivity index (χ2v) is 5.83. The number of carbonyl (C=O) groups is 2. The molecule has 1 aliphatic carbocycles. The van der Waals surface area contributed by atoms with E-state index >= 15 is 0 Å². The van der Waals surface area contributed by atoms with Crippen LogP contribution in [0.25, 0.3) is 0 Å². The first-order chi connectivity index (χ1) is 8.73. The molecule has 0 spiro atoms. The summed E-state index contributed by atoms with van der Waals surface area (Å²) in [7, 11) is 0. The van der Waals surface area contributed by atoms with Gasteiger partial charge in [-0.1, -0.05) is 0 Å². The summed E-state index contributed by atoms with van der Waals surface area (Å²) in [6.07, 6.45) is 0.377. The lowest BCUT2D eigenvalue weighted by molar-refractivity contribution is -0.144. The second kappa shape index (κ2) is 6.23. The van der Waals surface area contributed by atoms with Crippen molar-refractivity contribution >= 4 is 12.1 Å². The number of rotatable bonds is 5. The van der Waals surface area contributed by atoms with Gasteiger partial charge in [0.15, 0.2) is 0 Å². The minimum atomic E-state index is -0.588. The molecule has 0 saturated heterocycles. The van der Waals surface area contributed by atoms with Crippen LogP contribution in [0.1, 0.15) is 34.1 Å². The zero-order valence-electron chi connectivity index (χ0n) is 12.1. The number of hydrogen-bond donors (Lipinski definition) is 1. The smallest absolute Gasteiger partial charge is 0.410 e. The molecule has 0 aromatic rings. The third-order valence-corrected chi connectivity index (χ3v) is 2.71. The number of amides is 1. The lowest BCUT2D eigenvalue weighted by Gasteiger charge is -2.26. The van der Waals surface area contributed by atoms with Gasteiger partial charge in [-0.25, -0.2) is 4.79 Å². The van der Waals surface area contributed by atoms with E-state index in [1.807, 2.05) is 0 Å². The predicted molar refractivity (Wildman–Crippen MR) is 70.5 cm³/mol. The number of carbonyl (C=O) groups excluding carboxylic acids is 2. The fraction of sp³-hybridized carbons (Fsp3) is 0.846. The van der Waals surface area contributed by atoms with E-state index in [2.05, 4.69) is 0 Å². The zero-order valence-corrected chi connectivity index (χ0v) is 12.1. The van der Waals surface area contributed by atoms with E-state index in [0.29, 0.717) is 13.2 Å². The first kappa shape index (κ1) is 15.8. The van der Waals surface area contributed by atoms with Crippen molar-refractivity contribution in [1.82, 2.24) is 4.90 Å². The largest absolute Gasteiger partial charge is 0.465 e. The predicted octanol–water partition coefficient (Wildman–Crippen LogP) is 1.13. The minimum absolute atomic E-state index is 0.0913. The Balaban J connectivity index is 2.57. The van der Waals surface area contributed by atoms with E-state index in [-0.39, 0.29) is 18.5 Å². The lowest BCUT2D eigenvalue weighted by atomic mass is 10.2. The van der Waals surface area contributed by atoms with Crippen molar-refractivity contribution in [1.29, 1.82) is 0 Å². The van der Waals surface area contributed by atoms with Crippen LogP contribution in [0.2, 0.25) is 0 Å². The molecule has 6 heteroatoms. The lowest BCUT2D eigenvalue weighted by Crippen LogP contribution is -2.41. The quantitative estimate of drug-likeness (QED) is 0.759. The number of hydrogen-bond acceptors (Lipinski definition) is 5. The van der Waals surface area contributed by atoms with Crippen LogP contribution in [-0.2, 0) is 14.3 Å². The van der Waals surface area contributed by atoms with Crippen molar-refractivity contribution in [2.75, 3.05) is 19.7 Å². The Bertz CT molecular complexity index is 338. The fourth-order valence-corrected chi connectivity index (χ4v) is 1.66. The summed E-state index contributed by atoms with van der Waals surface area (Å²) in [5, 5.41) is 0. The summed E-state index contributed by atoms with van der Waals surface area (Å²) in [5.41, 5.74) is 5.15. The van der Waals surface area contributed by atoms with Crippen molar-refractivity contribution in [2.24, 2.45) is 11.7 Å². The second-order valence-electron chi connectivity index (χ2n) is 5.83. The highest BCUT2D eigenvalue weighted by molar-refractivity contribution is 5.78. The standard InChI is InChI=1S/C13H24N2O4/c1-5-18-11(16)8-15(7-9-6-10(9)14)12(17)19-13(2,3)4/h9-10H,5-8,14H2,1-4H3. The number of nitrogens with zero attached hydrogens (tertiary/aromatic N) is 1. The molecular weight excluding hydrogens is 248 g/mol. The van der Waals surface area contributed by atoms with Crippen LogP contribution in [0.4, 0.5) is 4.79 Å². The molecule has 110 valence electrons. The van der Waals surface area contributed by atoms with Gasteiger partial charge >= 0.3 is 12.1 Å². The van der Waals surface area contributed by atoms with Gasteiger partial charge in [0.05, 0.1) is 6.61 Å². The first-order valence-electron chi connectivity index (χ1n) is 6.62. The summed E-state index contributed by atoms with van der Waals surface area (Å²) in [4.78, 5) is 24.9. The van der Waals surface area contributed by atoms with Crippen molar-refractivity contribution < 1.29 is 19.1 Å². The molecule has 0 aromatic carbocycles. The molecule has 19 heavy (non-hydrogen) atoms. The maximum Gasteiger partial charge on any atom is 0.410 e. The highest BCUT2D eigenvalue weighted by Crippen LogP contribution is 2.29. The summed E-state index contributed by atoms with van der Waals surface area (Å²) < 4.78 is 10.1. The van der Waals surface area contributed by atoms with E-state index in [1.54, 1.807) is 27.7 Å². The molecule has 2 unspecified atom stereocenters. The summed E-state index contributed by atoms with van der Waals surface area (Å²) in [6, 6.07) is 0.118. The summed E-state index contributed by atoms with van der Waals surface area (Å²) in [6.45, 7) is 7.74. The third-order valence-electron chi connectivity index (χ3n) is 2.71. The highest BCUT2D eigenvalue weighted by Gasteiger charge is 2.37. The number of esters is 1. The van der Waals surface area contributed by atoms with Crippen molar-refractivity contribution in [3.8, 4) is 0 Å². The Hall–Kier alpha value is -1.30. The third kappa shape index (κ3) is 5.92. The number of ether oxygens (including phenoxy) is 2. The molecule has 0 aliphatic heterocycles. The Morgan fingerprint density at radius 1 is 1.37 bits per heavy atom. The molecule has 1 fully saturated rings. The molecule has 2 N–H and O–H groups in total. The van der Waals surface area contributed by atoms with Crippen molar-refractivity contribution in [2.45, 2.75) is 45.8 Å². The zero-order chi connectivity index (χ0) is 14.6. The fourth-order valence-electron chi connectivity index (χ4n) is 1.66. The Morgan fingerprint density at radius 2 is 1.95 bits per heavy atom. The van der Waals surface area contributed by atoms with Gasteiger partial charge in [-0.3, -0.25) is 9.69 Å². The average molecular weight is 272 g/mol. The molecule has 1 amide bonds. The normalized spacial score (nSPS) is 21.7. The van der Waals surface area contributed by atoms with Gasteiger partial charge in [-0.15, -0.1) is 0 Å². The van der Waals surface area contributed by atoms with E-state index in [0.717, 1.165) is 6.42 Å². The van der Waals surface area contributed by atoms with Gasteiger partial charge in [0, 0.05) is 12.6 Å². The van der Waals surface area contributed by atoms with Crippen LogP contribution in [0.5, 0.6) is 0 Å². The van der Waals surface area contributed by atoms with E-state index in [1.165, 1.54) is 4.90 Å². The molecule has 1 saturated carbocycles. The minimum Gasteiger partial charge on any atom is -0.465 e. The molecule has 0 heterocycles. The summed E-state index contributed by atoms with van der Waals surface area (Å²) >= 11 is 0. The Morgan fingerprint density at radius 3 is 2.37 bits per heavy atom. The van der Waals surface area contributed by atoms with Crippen LogP contribution < -0.4 is 5.73 Å². The van der Waals surface area contributed by atoms with Gasteiger partial charge in [-0.2, -0.15) is 0 Å². The molecule has 0 radical (unpaired) electrons. The molecule has 1 aliphatic rings. The van der Waals surface area contributed by atoms with Crippen LogP contribution in [0, 0.1) is 5.92 Å². The maximum absolute atomic E-state index is 12.0. The topological polar surface area (TPSA) is 81.9 Å². The summed E-state index contributed by atoms with van der Waals surface area (Å²) in [5.74, 6) is -0.176. The van der Waals surface area contributed by atoms with Crippen LogP contribution >= 0.6 is 0 Å². The monoisotopic (exact) mass is 272 g/mol. The number of nitrogens with two attached hydrogens (primary N) is 1. The maximum atomic E-state index is 12.0. The van der Waals surface area contributed by atoms with Gasteiger partial charge < -0.3 is 15.2 Å². The Labute approximate surface area is 114 Å². The van der Waals surface area contributed by atoms with Gasteiger partial charge in [0.1, 0.15) is 12.1 Å². The van der Waals surface area contributed by atoms with Crippen LogP contribution in [0.3, 0.4) is 0 Å². The first-order valence-corrected chi connectivity index (χ1v) is 6.62. The van der Waals surface area contributed by atoms with Crippen LogP contribution in [0.15, 0.2) is 0 Å². The molecular formula is C13H24N2O4. The SMILES string of the molecule is CCOC(=O)CN(CC1CC1N)C(=O)OC(C)(C)C. The van der Waals surface area contributed by atoms with Crippen LogP contribution in [-0.4, -0.2) is 48.3 Å². The van der Waals surface area contributed by atoms with Crippen molar-refractivity contribution in [3.63, 3.8) is 0 Å². The highest BCUT2D eigenvalue weighted by atomic mass is 16.6.